The molecule has 0 unspecified atom stereocenters. The van der Waals surface area contributed by atoms with E-state index >= 15 is 0 Å². The van der Waals surface area contributed by atoms with Crippen molar-refractivity contribution in [3.05, 3.63) is 47.6 Å². The molecular formula is C13H10ClN3S. The number of benzene rings is 1. The van der Waals surface area contributed by atoms with Gasteiger partial charge in [0.05, 0.1) is 11.9 Å². The molecular weight excluding hydrogens is 266 g/mol. The van der Waals surface area contributed by atoms with Gasteiger partial charge in [-0.1, -0.05) is 23.7 Å². The van der Waals surface area contributed by atoms with Gasteiger partial charge in [0.15, 0.2) is 5.65 Å². The number of fused-ring (bicyclic) bond motifs is 1. The van der Waals surface area contributed by atoms with Crippen LogP contribution in [-0.2, 0) is 0 Å². The maximum atomic E-state index is 5.92. The zero-order chi connectivity index (χ0) is 12.5. The van der Waals surface area contributed by atoms with Gasteiger partial charge in [-0.25, -0.2) is 9.50 Å². The van der Waals surface area contributed by atoms with Crippen LogP contribution >= 0.6 is 23.4 Å². The van der Waals surface area contributed by atoms with Gasteiger partial charge in [0.25, 0.3) is 0 Å². The maximum absolute atomic E-state index is 5.92. The molecule has 3 aromatic rings. The van der Waals surface area contributed by atoms with Crippen molar-refractivity contribution < 1.29 is 0 Å². The van der Waals surface area contributed by atoms with Crippen molar-refractivity contribution in [1.29, 1.82) is 0 Å². The Morgan fingerprint density at radius 3 is 2.67 bits per heavy atom. The Kier molecular flexibility index (Phi) is 2.97. The predicted octanol–water partition coefficient (Wildman–Crippen LogP) is 3.77. The van der Waals surface area contributed by atoms with Crippen molar-refractivity contribution in [3.63, 3.8) is 0 Å². The summed E-state index contributed by atoms with van der Waals surface area (Å²) >= 11 is 7.54. The Morgan fingerprint density at radius 1 is 1.17 bits per heavy atom. The van der Waals surface area contributed by atoms with Crippen LogP contribution in [0, 0.1) is 0 Å². The first-order valence-electron chi connectivity index (χ1n) is 5.42. The van der Waals surface area contributed by atoms with E-state index in [1.165, 1.54) is 0 Å². The van der Waals surface area contributed by atoms with Crippen molar-refractivity contribution >= 4 is 29.0 Å². The highest BCUT2D eigenvalue weighted by molar-refractivity contribution is 7.98. The van der Waals surface area contributed by atoms with E-state index in [4.69, 9.17) is 11.6 Å². The number of rotatable bonds is 2. The van der Waals surface area contributed by atoms with Crippen LogP contribution in [0.25, 0.3) is 16.9 Å². The van der Waals surface area contributed by atoms with Crippen molar-refractivity contribution in [1.82, 2.24) is 14.6 Å². The van der Waals surface area contributed by atoms with Crippen LogP contribution in [0.3, 0.4) is 0 Å². The second-order valence-corrected chi connectivity index (χ2v) is 5.05. The van der Waals surface area contributed by atoms with E-state index in [1.807, 2.05) is 47.2 Å². The molecule has 0 amide bonds. The molecule has 3 nitrogen and oxygen atoms in total. The monoisotopic (exact) mass is 275 g/mol. The van der Waals surface area contributed by atoms with Gasteiger partial charge in [-0.3, -0.25) is 0 Å². The first kappa shape index (κ1) is 11.6. The summed E-state index contributed by atoms with van der Waals surface area (Å²) in [4.78, 5) is 4.49. The Balaban J connectivity index is 2.26. The second kappa shape index (κ2) is 4.63. The smallest absolute Gasteiger partial charge is 0.156 e. The van der Waals surface area contributed by atoms with Crippen molar-refractivity contribution in [2.75, 3.05) is 6.26 Å². The third-order valence-electron chi connectivity index (χ3n) is 2.68. The van der Waals surface area contributed by atoms with Gasteiger partial charge in [0, 0.05) is 16.7 Å². The van der Waals surface area contributed by atoms with E-state index in [-0.39, 0.29) is 0 Å². The Bertz CT molecular complexity index is 691. The molecule has 5 heteroatoms. The summed E-state index contributed by atoms with van der Waals surface area (Å²) in [6, 6.07) is 11.7. The lowest BCUT2D eigenvalue weighted by atomic mass is 10.1. The number of thioether (sulfide) groups is 1. The van der Waals surface area contributed by atoms with Crippen LogP contribution in [0.4, 0.5) is 0 Å². The van der Waals surface area contributed by atoms with E-state index in [0.717, 1.165) is 27.0 Å². The van der Waals surface area contributed by atoms with E-state index in [0.29, 0.717) is 0 Å². The number of nitrogens with zero attached hydrogens (tertiary/aromatic N) is 3. The molecule has 0 bridgehead atoms. The molecule has 0 radical (unpaired) electrons. The normalized spacial score (nSPS) is 11.0. The Hall–Kier alpha value is -1.52. The quantitative estimate of drug-likeness (QED) is 0.527. The summed E-state index contributed by atoms with van der Waals surface area (Å²) in [5, 5.41) is 6.02. The molecule has 18 heavy (non-hydrogen) atoms. The minimum Gasteiger partial charge on any atom is -0.222 e. The maximum Gasteiger partial charge on any atom is 0.156 e. The van der Waals surface area contributed by atoms with E-state index in [1.54, 1.807) is 18.0 Å². The molecule has 0 aliphatic heterocycles. The highest BCUT2D eigenvalue weighted by atomic mass is 35.5. The van der Waals surface area contributed by atoms with Crippen LogP contribution < -0.4 is 0 Å². The molecule has 0 atom stereocenters. The number of halogens is 1. The van der Waals surface area contributed by atoms with Gasteiger partial charge in [-0.05, 0) is 24.5 Å². The zero-order valence-electron chi connectivity index (χ0n) is 9.67. The van der Waals surface area contributed by atoms with Gasteiger partial charge in [0.1, 0.15) is 5.03 Å². The lowest BCUT2D eigenvalue weighted by Crippen LogP contribution is -1.97. The topological polar surface area (TPSA) is 30.2 Å². The minimum atomic E-state index is 0.731. The van der Waals surface area contributed by atoms with Gasteiger partial charge in [0.2, 0.25) is 0 Å². The molecule has 2 aromatic heterocycles. The number of aromatic nitrogens is 3. The molecule has 0 saturated carbocycles. The average Bonchev–Trinajstić information content (AvgIpc) is 2.86. The Morgan fingerprint density at radius 2 is 1.94 bits per heavy atom. The fourth-order valence-electron chi connectivity index (χ4n) is 1.82. The number of hydrogen-bond acceptors (Lipinski definition) is 3. The van der Waals surface area contributed by atoms with Crippen LogP contribution in [0.2, 0.25) is 5.02 Å². The second-order valence-electron chi connectivity index (χ2n) is 3.79. The first-order valence-corrected chi connectivity index (χ1v) is 7.03. The Labute approximate surface area is 114 Å². The molecule has 2 heterocycles. The molecule has 0 saturated heterocycles. The molecule has 1 aromatic carbocycles. The number of hydrogen-bond donors (Lipinski definition) is 0. The summed E-state index contributed by atoms with van der Waals surface area (Å²) in [7, 11) is 0. The summed E-state index contributed by atoms with van der Waals surface area (Å²) in [6.07, 6.45) is 3.77. The third kappa shape index (κ3) is 1.98. The van der Waals surface area contributed by atoms with Crippen LogP contribution in [0.15, 0.2) is 47.6 Å². The first-order chi connectivity index (χ1) is 8.78. The van der Waals surface area contributed by atoms with Gasteiger partial charge < -0.3 is 0 Å². The molecule has 3 rings (SSSR count). The largest absolute Gasteiger partial charge is 0.222 e. The van der Waals surface area contributed by atoms with Crippen molar-refractivity contribution in [3.8, 4) is 11.3 Å². The molecule has 0 N–H and O–H groups in total. The van der Waals surface area contributed by atoms with E-state index < -0.39 is 0 Å². The van der Waals surface area contributed by atoms with Gasteiger partial charge in [-0.15, -0.1) is 11.8 Å². The van der Waals surface area contributed by atoms with Gasteiger partial charge in [-0.2, -0.15) is 5.10 Å². The highest BCUT2D eigenvalue weighted by Crippen LogP contribution is 2.25. The molecule has 0 aliphatic rings. The third-order valence-corrected chi connectivity index (χ3v) is 3.56. The molecule has 90 valence electrons. The summed E-state index contributed by atoms with van der Waals surface area (Å²) in [5.74, 6) is 0. The van der Waals surface area contributed by atoms with Crippen LogP contribution in [0.5, 0.6) is 0 Å². The van der Waals surface area contributed by atoms with E-state index in [9.17, 15) is 0 Å². The summed E-state index contributed by atoms with van der Waals surface area (Å²) in [6.45, 7) is 0. The SMILES string of the molecule is CSc1cc(-c2ccc(Cl)cc2)n2nccc2n1. The standard InChI is InChI=1S/C13H10ClN3S/c1-18-13-8-11(9-2-4-10(14)5-3-9)17-12(16-13)6-7-15-17/h2-8H,1H3. The molecule has 0 aliphatic carbocycles. The van der Waals surface area contributed by atoms with Crippen LogP contribution in [0.1, 0.15) is 0 Å². The lowest BCUT2D eigenvalue weighted by molar-refractivity contribution is 0.924. The van der Waals surface area contributed by atoms with Crippen LogP contribution in [-0.4, -0.2) is 20.9 Å². The summed E-state index contributed by atoms with van der Waals surface area (Å²) in [5.41, 5.74) is 2.95. The lowest BCUT2D eigenvalue weighted by Gasteiger charge is -2.07. The minimum absolute atomic E-state index is 0.731. The molecule has 0 fully saturated rings. The molecule has 0 spiro atoms. The predicted molar refractivity (Wildman–Crippen MR) is 75.2 cm³/mol. The fourth-order valence-corrected chi connectivity index (χ4v) is 2.36. The van der Waals surface area contributed by atoms with Gasteiger partial charge >= 0.3 is 0 Å². The van der Waals surface area contributed by atoms with E-state index in [2.05, 4.69) is 10.1 Å². The zero-order valence-corrected chi connectivity index (χ0v) is 11.2. The fraction of sp³-hybridized carbons (Fsp3) is 0.0769. The van der Waals surface area contributed by atoms with Crippen molar-refractivity contribution in [2.45, 2.75) is 5.03 Å². The summed E-state index contributed by atoms with van der Waals surface area (Å²) < 4.78 is 1.84. The highest BCUT2D eigenvalue weighted by Gasteiger charge is 2.08. The van der Waals surface area contributed by atoms with Crippen molar-refractivity contribution in [2.24, 2.45) is 0 Å². The average molecular weight is 276 g/mol.